The predicted molar refractivity (Wildman–Crippen MR) is 604 cm³/mol. The molecule has 1 aliphatic carbocycles. The number of nitrogens with one attached hydrogen (secondary N) is 14. The van der Waals surface area contributed by atoms with Gasteiger partial charge in [0, 0.05) is 83.8 Å². The van der Waals surface area contributed by atoms with Crippen LogP contribution in [0.1, 0.15) is 374 Å². The number of ether oxygens (including phenoxy) is 1. The summed E-state index contributed by atoms with van der Waals surface area (Å²) in [6.07, 6.45) is 9.02. The van der Waals surface area contributed by atoms with E-state index in [0.717, 1.165) is 113 Å². The van der Waals surface area contributed by atoms with Gasteiger partial charge in [-0.2, -0.15) is 13.2 Å². The highest BCUT2D eigenvalue weighted by molar-refractivity contribution is 5.09. The molecule has 0 aromatic heterocycles. The minimum atomic E-state index is -4.06. The van der Waals surface area contributed by atoms with Gasteiger partial charge in [-0.25, -0.2) is 26.3 Å². The second kappa shape index (κ2) is 60.9. The number of rotatable bonds is 6. The molecule has 16 unspecified atom stereocenters. The molecule has 14 heterocycles. The van der Waals surface area contributed by atoms with Crippen LogP contribution in [0.25, 0.3) is 0 Å². The summed E-state index contributed by atoms with van der Waals surface area (Å²) >= 11 is 0. The molecule has 0 bridgehead atoms. The Morgan fingerprint density at radius 2 is 0.736 bits per heavy atom. The number of halogens is 9. The Bertz CT molecular complexity index is 3110. The van der Waals surface area contributed by atoms with E-state index < -0.39 is 46.6 Å². The Kier molecular flexibility index (Phi) is 58.7. The predicted octanol–water partition coefficient (Wildman–Crippen LogP) is 25.3. The average Bonchev–Trinajstić information content (AvgIpc) is 1.57. The zero-order valence-electron chi connectivity index (χ0n) is 102. The third-order valence-corrected chi connectivity index (χ3v) is 37.3. The Hall–Kier alpha value is -1.23. The minimum absolute atomic E-state index is 0.0775. The van der Waals surface area contributed by atoms with Crippen LogP contribution in [0, 0.1) is 160 Å². The summed E-state index contributed by atoms with van der Waals surface area (Å²) in [5, 5.41) is 45.0. The van der Waals surface area contributed by atoms with Gasteiger partial charge in [-0.15, -0.1) is 0 Å². The van der Waals surface area contributed by atoms with E-state index in [2.05, 4.69) is 303 Å². The van der Waals surface area contributed by atoms with Gasteiger partial charge in [-0.1, -0.05) is 277 Å². The average molecular weight is 2070 g/mol. The summed E-state index contributed by atoms with van der Waals surface area (Å²) in [6, 6.07) is 0. The van der Waals surface area contributed by atoms with E-state index in [1.165, 1.54) is 130 Å². The van der Waals surface area contributed by atoms with Crippen molar-refractivity contribution in [2.75, 3.05) is 190 Å². The molecular weight excluding hydrogens is 1820 g/mol. The summed E-state index contributed by atoms with van der Waals surface area (Å²) in [7, 11) is 0. The molecule has 1 saturated carbocycles. The molecule has 14 aliphatic heterocycles. The highest BCUT2D eigenvalue weighted by atomic mass is 19.4. The normalized spacial score (nSPS) is 32.7. The van der Waals surface area contributed by atoms with Crippen molar-refractivity contribution in [3.8, 4) is 0 Å². The fourth-order valence-electron chi connectivity index (χ4n) is 23.9. The van der Waals surface area contributed by atoms with Crippen LogP contribution < -0.4 is 74.4 Å². The molecule has 0 aromatic rings. The molecule has 15 fully saturated rings. The standard InChI is InChI=1S/2C10H20FN.2C10H21N.C9H18FN.C9H17N.C9H19N.C8H14F3N.C8H16FN.C8H17NO.C8H17N.2C7H14FN.C7H15N/c1-7-5-12-6-8(11)9(7)10(2,3)4;1-9(2,3)8-5-6-12-7-10(8,4)11;2*1-9(2,3)10(4)5-7-11-8-6-10;1-8(2,3)9(10)4-6-11-7-5-9;1-9(2,3)8-6-4-10-5-7(6)8;1-9(2,3)8-4-6-10-7-5-8;1-6(2)7(8(9,10)11)3-4-12-5-7;1-6(2)7-4-10-5-8(7,3)9;1-8(2,3)7-6-9-4-5-10-7;1-7(2)8(3)4-5-9-6-8;1-5(2)6-3-9-4-7(6)8;1-6(2)7(8)3-4-9-5-7;1-6(2)7-3-4-8-5-7/h7-9,12H,5-6H2,1-4H3;8,12H,5-7H2,1-4H3;2*11H,5-8H2,1-4H3;11H,4-7H2,1-3H3;6-8,10H,4-5H2,1-3H3;8,10H,4-7H2,1-3H3;6,12H,3-5H2,1-2H3;6-7,10H,4-5H2,1-3H3;7,9H,4-6H2,1-3H3;7,9H,4-6H2,1-3H3;5-7,9H,3-4H2,1-2H3;6,9H,3-5H2,1-2H3;6-8H,3-5H2,1-2H3. The molecular formula is C120H243F9N14O. The summed E-state index contributed by atoms with van der Waals surface area (Å²) in [5.41, 5.74) is -1.36. The molecule has 144 heavy (non-hydrogen) atoms. The lowest BCUT2D eigenvalue weighted by molar-refractivity contribution is -0.231. The number of piperidine rings is 7. The largest absolute Gasteiger partial charge is 0.396 e. The van der Waals surface area contributed by atoms with Crippen LogP contribution >= 0.6 is 0 Å². The summed E-state index contributed by atoms with van der Waals surface area (Å²) in [5.74, 6) is 8.73. The lowest BCUT2D eigenvalue weighted by Gasteiger charge is -2.45. The van der Waals surface area contributed by atoms with Crippen LogP contribution in [0.4, 0.5) is 39.5 Å². The van der Waals surface area contributed by atoms with Gasteiger partial charge in [0.2, 0.25) is 0 Å². The fourth-order valence-corrected chi connectivity index (χ4v) is 23.9. The van der Waals surface area contributed by atoms with Crippen LogP contribution in [0.2, 0.25) is 0 Å². The number of hydrogen-bond donors (Lipinski definition) is 14. The van der Waals surface area contributed by atoms with E-state index in [1.54, 1.807) is 27.7 Å². The molecule has 15 nitrogen and oxygen atoms in total. The van der Waals surface area contributed by atoms with Gasteiger partial charge in [0.05, 0.1) is 18.1 Å². The van der Waals surface area contributed by atoms with Crippen molar-refractivity contribution in [1.29, 1.82) is 0 Å². The van der Waals surface area contributed by atoms with E-state index in [0.29, 0.717) is 120 Å². The molecule has 15 rings (SSSR count). The summed E-state index contributed by atoms with van der Waals surface area (Å²) in [4.78, 5) is 0. The SMILES string of the molecule is CC(C)(C)C1(C)CCNCC1.CC(C)(C)C1(C)CCNCC1.CC(C)(C)C1(F)CCNCC1.CC(C)(C)C1C2CNCC21.CC(C)(C)C1CCNCC1.CC(C)(C)C1CCNCC1(C)F.CC(C)(C)C1CNCCO1.CC(C)C1(C(F)(F)F)CCNC1.CC(C)C1(C)CCNC1.CC(C)C1(F)CCNC1.CC(C)C1CCNC1.CC(C)C1CNCC1(C)F.CC(C)C1CNCC1F.CC1CNCC(F)C1C(C)(C)C. The Balaban J connectivity index is 0.000000525. The quantitative estimate of drug-likeness (QED) is 0.113. The number of alkyl halides is 9. The zero-order chi connectivity index (χ0) is 111. The van der Waals surface area contributed by atoms with Gasteiger partial charge in [0.15, 0.2) is 0 Å². The first-order valence-corrected chi connectivity index (χ1v) is 58.3. The first-order valence-electron chi connectivity index (χ1n) is 58.3. The molecule has 0 amide bonds. The van der Waals surface area contributed by atoms with Gasteiger partial charge in [0.25, 0.3) is 0 Å². The van der Waals surface area contributed by atoms with Crippen LogP contribution in [0.15, 0.2) is 0 Å². The first-order chi connectivity index (χ1) is 65.7. The Labute approximate surface area is 884 Å². The lowest BCUT2D eigenvalue weighted by atomic mass is 9.63. The third kappa shape index (κ3) is 47.0. The second-order valence-electron chi connectivity index (χ2n) is 58.4. The molecule has 14 N–H and O–H groups in total. The molecule has 15 aliphatic rings. The van der Waals surface area contributed by atoms with E-state index in [9.17, 15) is 39.5 Å². The lowest BCUT2D eigenvalue weighted by Crippen LogP contribution is -2.51. The van der Waals surface area contributed by atoms with E-state index >= 15 is 0 Å². The Morgan fingerprint density at radius 3 is 0.972 bits per heavy atom. The maximum atomic E-state index is 14.0. The monoisotopic (exact) mass is 2070 g/mol. The molecule has 0 radical (unpaired) electrons. The van der Waals surface area contributed by atoms with Crippen LogP contribution in [0.3, 0.4) is 0 Å². The van der Waals surface area contributed by atoms with E-state index in [-0.39, 0.29) is 70.1 Å². The molecule has 0 spiro atoms. The van der Waals surface area contributed by atoms with Crippen LogP contribution in [0.5, 0.6) is 0 Å². The van der Waals surface area contributed by atoms with Crippen molar-refractivity contribution in [3.63, 3.8) is 0 Å². The summed E-state index contributed by atoms with van der Waals surface area (Å²) in [6.45, 7) is 118. The highest BCUT2D eigenvalue weighted by Gasteiger charge is 2.59. The van der Waals surface area contributed by atoms with Crippen molar-refractivity contribution in [2.24, 2.45) is 160 Å². The van der Waals surface area contributed by atoms with Crippen molar-refractivity contribution in [1.82, 2.24) is 74.4 Å². The van der Waals surface area contributed by atoms with Crippen molar-refractivity contribution < 1.29 is 44.3 Å². The molecule has 0 aromatic carbocycles. The topological polar surface area (TPSA) is 178 Å². The van der Waals surface area contributed by atoms with Gasteiger partial charge >= 0.3 is 6.18 Å². The molecule has 862 valence electrons. The number of hydrogen-bond acceptors (Lipinski definition) is 15. The van der Waals surface area contributed by atoms with Crippen molar-refractivity contribution in [2.45, 2.75) is 422 Å². The summed E-state index contributed by atoms with van der Waals surface area (Å²) < 4.78 is 125. The smallest absolute Gasteiger partial charge is 0.375 e. The fraction of sp³-hybridized carbons (Fsp3) is 1.00. The molecule has 14 saturated heterocycles. The maximum absolute atomic E-state index is 14.0. The Morgan fingerprint density at radius 1 is 0.312 bits per heavy atom. The van der Waals surface area contributed by atoms with Gasteiger partial charge < -0.3 is 79.2 Å². The zero-order valence-corrected chi connectivity index (χ0v) is 102. The maximum Gasteiger partial charge on any atom is 0.396 e. The minimum Gasteiger partial charge on any atom is -0.375 e. The molecule has 24 heteroatoms. The first kappa shape index (κ1) is 139. The van der Waals surface area contributed by atoms with Gasteiger partial charge in [-0.05, 0) is 351 Å². The van der Waals surface area contributed by atoms with E-state index in [4.69, 9.17) is 4.74 Å². The number of morpholine rings is 1. The van der Waals surface area contributed by atoms with Crippen LogP contribution in [-0.2, 0) is 4.74 Å². The van der Waals surface area contributed by atoms with Gasteiger partial charge in [-0.3, -0.25) is 0 Å². The third-order valence-electron chi connectivity index (χ3n) is 37.3. The second-order valence-corrected chi connectivity index (χ2v) is 58.4. The number of fused-ring (bicyclic) bond motifs is 1. The van der Waals surface area contributed by atoms with Crippen molar-refractivity contribution in [3.05, 3.63) is 0 Å². The van der Waals surface area contributed by atoms with Gasteiger partial charge in [0.1, 0.15) is 35.0 Å². The van der Waals surface area contributed by atoms with Crippen molar-refractivity contribution >= 4 is 0 Å². The molecule has 16 atom stereocenters. The van der Waals surface area contributed by atoms with E-state index in [1.807, 2.05) is 34.6 Å². The highest BCUT2D eigenvalue weighted by Crippen LogP contribution is 2.58. The van der Waals surface area contributed by atoms with Crippen LogP contribution in [-0.4, -0.2) is 237 Å².